The van der Waals surface area contributed by atoms with Gasteiger partial charge in [0.2, 0.25) is 0 Å². The van der Waals surface area contributed by atoms with Crippen molar-refractivity contribution >= 4 is 29.9 Å². The summed E-state index contributed by atoms with van der Waals surface area (Å²) in [5.74, 6) is 0.883. The van der Waals surface area contributed by atoms with Crippen LogP contribution in [0.4, 0.5) is 8.78 Å². The summed E-state index contributed by atoms with van der Waals surface area (Å²) in [5.41, 5.74) is 1.66. The molecule has 8 heteroatoms. The van der Waals surface area contributed by atoms with Crippen LogP contribution in [0.25, 0.3) is 0 Å². The Morgan fingerprint density at radius 1 is 1.04 bits per heavy atom. The molecule has 148 valence electrons. The predicted molar refractivity (Wildman–Crippen MR) is 113 cm³/mol. The lowest BCUT2D eigenvalue weighted by atomic mass is 10.2. The van der Waals surface area contributed by atoms with Crippen LogP contribution < -0.4 is 20.1 Å². The molecule has 0 aliphatic carbocycles. The fourth-order valence-electron chi connectivity index (χ4n) is 2.37. The number of hydrogen-bond donors (Lipinski definition) is 2. The Morgan fingerprint density at radius 2 is 1.74 bits per heavy atom. The molecule has 0 radical (unpaired) electrons. The zero-order chi connectivity index (χ0) is 18.8. The molecule has 0 aliphatic heterocycles. The molecule has 0 fully saturated rings. The third-order valence-electron chi connectivity index (χ3n) is 3.54. The SMILES string of the molecule is CCOc1cccc(CNC(=NC)NCc2ccccc2)c1OC(F)F.I. The highest BCUT2D eigenvalue weighted by Crippen LogP contribution is 2.32. The second-order valence-corrected chi connectivity index (χ2v) is 5.32. The number of guanidine groups is 1. The van der Waals surface area contributed by atoms with Crippen molar-refractivity contribution in [2.75, 3.05) is 13.7 Å². The van der Waals surface area contributed by atoms with E-state index in [-0.39, 0.29) is 36.3 Å². The minimum atomic E-state index is -2.93. The van der Waals surface area contributed by atoms with Crippen molar-refractivity contribution in [3.8, 4) is 11.5 Å². The predicted octanol–water partition coefficient (Wildman–Crippen LogP) is 4.17. The molecule has 5 nitrogen and oxygen atoms in total. The van der Waals surface area contributed by atoms with Gasteiger partial charge in [-0.3, -0.25) is 4.99 Å². The number of para-hydroxylation sites is 1. The van der Waals surface area contributed by atoms with Gasteiger partial charge in [-0.05, 0) is 18.6 Å². The maximum Gasteiger partial charge on any atom is 0.387 e. The average molecular weight is 491 g/mol. The van der Waals surface area contributed by atoms with E-state index in [4.69, 9.17) is 4.74 Å². The number of nitrogens with zero attached hydrogens (tertiary/aromatic N) is 1. The molecular formula is C19H24F2IN3O2. The summed E-state index contributed by atoms with van der Waals surface area (Å²) < 4.78 is 35.6. The molecule has 2 N–H and O–H groups in total. The van der Waals surface area contributed by atoms with Gasteiger partial charge in [0, 0.05) is 25.7 Å². The molecule has 2 aromatic carbocycles. The van der Waals surface area contributed by atoms with E-state index in [0.29, 0.717) is 30.4 Å². The number of aliphatic imine (C=N–C) groups is 1. The molecule has 2 rings (SSSR count). The van der Waals surface area contributed by atoms with E-state index in [1.54, 1.807) is 32.2 Å². The molecule has 27 heavy (non-hydrogen) atoms. The molecule has 0 saturated carbocycles. The van der Waals surface area contributed by atoms with Crippen molar-refractivity contribution in [3.63, 3.8) is 0 Å². The monoisotopic (exact) mass is 491 g/mol. The van der Waals surface area contributed by atoms with Crippen molar-refractivity contribution < 1.29 is 18.3 Å². The molecule has 2 aromatic rings. The van der Waals surface area contributed by atoms with E-state index in [0.717, 1.165) is 5.56 Å². The lowest BCUT2D eigenvalue weighted by Gasteiger charge is -2.17. The molecule has 0 amide bonds. The first-order valence-electron chi connectivity index (χ1n) is 8.32. The summed E-state index contributed by atoms with van der Waals surface area (Å²) in [5, 5.41) is 6.27. The van der Waals surface area contributed by atoms with Gasteiger partial charge in [-0.25, -0.2) is 0 Å². The molecule has 0 aromatic heterocycles. The van der Waals surface area contributed by atoms with E-state index in [1.807, 2.05) is 30.3 Å². The highest BCUT2D eigenvalue weighted by molar-refractivity contribution is 14.0. The highest BCUT2D eigenvalue weighted by Gasteiger charge is 2.15. The van der Waals surface area contributed by atoms with E-state index in [1.165, 1.54) is 0 Å². The smallest absolute Gasteiger partial charge is 0.387 e. The van der Waals surface area contributed by atoms with Crippen molar-refractivity contribution in [1.82, 2.24) is 10.6 Å². The number of alkyl halides is 2. The minimum absolute atomic E-state index is 0. The standard InChI is InChI=1S/C19H23F2N3O2.HI/c1-3-25-16-11-7-10-15(17(16)26-18(20)21)13-24-19(22-2)23-12-14-8-5-4-6-9-14;/h4-11,18H,3,12-13H2,1-2H3,(H2,22,23,24);1H. The Labute approximate surface area is 175 Å². The largest absolute Gasteiger partial charge is 0.490 e. The molecule has 0 spiro atoms. The van der Waals surface area contributed by atoms with Crippen LogP contribution in [0.15, 0.2) is 53.5 Å². The number of benzene rings is 2. The van der Waals surface area contributed by atoms with E-state index in [9.17, 15) is 8.78 Å². The third-order valence-corrected chi connectivity index (χ3v) is 3.54. The second kappa shape index (κ2) is 12.3. The van der Waals surface area contributed by atoms with Gasteiger partial charge < -0.3 is 20.1 Å². The number of hydrogen-bond acceptors (Lipinski definition) is 3. The van der Waals surface area contributed by atoms with E-state index < -0.39 is 6.61 Å². The maximum absolute atomic E-state index is 12.8. The third kappa shape index (κ3) is 7.58. The van der Waals surface area contributed by atoms with Crippen molar-refractivity contribution in [1.29, 1.82) is 0 Å². The van der Waals surface area contributed by atoms with E-state index >= 15 is 0 Å². The zero-order valence-electron chi connectivity index (χ0n) is 15.2. The number of rotatable bonds is 8. The van der Waals surface area contributed by atoms with Crippen molar-refractivity contribution in [2.45, 2.75) is 26.6 Å². The second-order valence-electron chi connectivity index (χ2n) is 5.32. The van der Waals surface area contributed by atoms with Crippen LogP contribution in [-0.4, -0.2) is 26.2 Å². The molecule has 0 bridgehead atoms. The van der Waals surface area contributed by atoms with Crippen LogP contribution in [0, 0.1) is 0 Å². The van der Waals surface area contributed by atoms with Crippen LogP contribution in [-0.2, 0) is 13.1 Å². The van der Waals surface area contributed by atoms with Crippen LogP contribution in [0.3, 0.4) is 0 Å². The minimum Gasteiger partial charge on any atom is -0.490 e. The van der Waals surface area contributed by atoms with Crippen molar-refractivity contribution in [2.24, 2.45) is 4.99 Å². The molecule has 0 aliphatic rings. The van der Waals surface area contributed by atoms with Gasteiger partial charge in [0.05, 0.1) is 6.61 Å². The molecule has 0 atom stereocenters. The number of nitrogens with one attached hydrogen (secondary N) is 2. The Bertz CT molecular complexity index is 715. The maximum atomic E-state index is 12.8. The van der Waals surface area contributed by atoms with Gasteiger partial charge in [-0.2, -0.15) is 8.78 Å². The first-order valence-corrected chi connectivity index (χ1v) is 8.32. The Hall–Kier alpha value is -2.10. The Kier molecular flexibility index (Phi) is 10.5. The lowest BCUT2D eigenvalue weighted by molar-refractivity contribution is -0.0520. The fraction of sp³-hybridized carbons (Fsp3) is 0.316. The molecule has 0 unspecified atom stereocenters. The molecular weight excluding hydrogens is 467 g/mol. The Balaban J connectivity index is 0.00000364. The van der Waals surface area contributed by atoms with Gasteiger partial charge in [-0.15, -0.1) is 24.0 Å². The molecule has 0 heterocycles. The summed E-state index contributed by atoms with van der Waals surface area (Å²) in [6.45, 7) is 0.0754. The number of halogens is 3. The fourth-order valence-corrected chi connectivity index (χ4v) is 2.37. The lowest BCUT2D eigenvalue weighted by Crippen LogP contribution is -2.36. The quantitative estimate of drug-likeness (QED) is 0.331. The topological polar surface area (TPSA) is 54.9 Å². The molecule has 0 saturated heterocycles. The van der Waals surface area contributed by atoms with Gasteiger partial charge in [0.1, 0.15) is 0 Å². The zero-order valence-corrected chi connectivity index (χ0v) is 17.6. The summed E-state index contributed by atoms with van der Waals surface area (Å²) in [4.78, 5) is 4.14. The van der Waals surface area contributed by atoms with E-state index in [2.05, 4.69) is 20.4 Å². The van der Waals surface area contributed by atoms with Crippen LogP contribution in [0.2, 0.25) is 0 Å². The highest BCUT2D eigenvalue weighted by atomic mass is 127. The summed E-state index contributed by atoms with van der Waals surface area (Å²) in [6.07, 6.45) is 0. The van der Waals surface area contributed by atoms with Gasteiger partial charge in [-0.1, -0.05) is 42.5 Å². The normalized spacial score (nSPS) is 10.9. The van der Waals surface area contributed by atoms with Crippen LogP contribution >= 0.6 is 24.0 Å². The van der Waals surface area contributed by atoms with Gasteiger partial charge in [0.15, 0.2) is 17.5 Å². The summed E-state index contributed by atoms with van der Waals surface area (Å²) in [6, 6.07) is 14.9. The summed E-state index contributed by atoms with van der Waals surface area (Å²) in [7, 11) is 1.65. The summed E-state index contributed by atoms with van der Waals surface area (Å²) >= 11 is 0. The average Bonchev–Trinajstić information content (AvgIpc) is 2.64. The van der Waals surface area contributed by atoms with Crippen LogP contribution in [0.5, 0.6) is 11.5 Å². The van der Waals surface area contributed by atoms with Crippen molar-refractivity contribution in [3.05, 3.63) is 59.7 Å². The first-order chi connectivity index (χ1) is 12.6. The Morgan fingerprint density at radius 3 is 2.37 bits per heavy atom. The first kappa shape index (κ1) is 22.9. The van der Waals surface area contributed by atoms with Gasteiger partial charge >= 0.3 is 6.61 Å². The number of ether oxygens (including phenoxy) is 2. The van der Waals surface area contributed by atoms with Gasteiger partial charge in [0.25, 0.3) is 0 Å². The van der Waals surface area contributed by atoms with Crippen LogP contribution in [0.1, 0.15) is 18.1 Å².